The van der Waals surface area contributed by atoms with Crippen molar-refractivity contribution in [2.45, 2.75) is 6.04 Å². The van der Waals surface area contributed by atoms with Gasteiger partial charge in [0.15, 0.2) is 0 Å². The number of halogens is 1. The standard InChI is InChI=1S/C13H15FN4O2/c1-19-10-7-16-12(13(17-10)20-2)11(18-15)8-3-5-9(14)6-4-8/h3-7,11,18H,15H2,1-2H3. The van der Waals surface area contributed by atoms with Gasteiger partial charge in [0.05, 0.1) is 26.5 Å². The minimum atomic E-state index is -0.469. The second-order valence-corrected chi connectivity index (χ2v) is 3.96. The van der Waals surface area contributed by atoms with Gasteiger partial charge in [-0.3, -0.25) is 5.84 Å². The van der Waals surface area contributed by atoms with Gasteiger partial charge in [0.1, 0.15) is 11.5 Å². The summed E-state index contributed by atoms with van der Waals surface area (Å²) in [5.41, 5.74) is 3.85. The molecule has 0 aliphatic carbocycles. The molecule has 0 spiro atoms. The lowest BCUT2D eigenvalue weighted by molar-refractivity contribution is 0.352. The largest absolute Gasteiger partial charge is 0.480 e. The lowest BCUT2D eigenvalue weighted by Gasteiger charge is -2.18. The molecule has 0 saturated carbocycles. The van der Waals surface area contributed by atoms with Crippen molar-refractivity contribution in [2.24, 2.45) is 5.84 Å². The third-order valence-corrected chi connectivity index (χ3v) is 2.79. The summed E-state index contributed by atoms with van der Waals surface area (Å²) in [6, 6.07) is 5.46. The quantitative estimate of drug-likeness (QED) is 0.631. The molecule has 0 fully saturated rings. The third kappa shape index (κ3) is 2.84. The summed E-state index contributed by atoms with van der Waals surface area (Å²) >= 11 is 0. The van der Waals surface area contributed by atoms with Crippen LogP contribution in [0.15, 0.2) is 30.5 Å². The Morgan fingerprint density at radius 3 is 2.45 bits per heavy atom. The minimum Gasteiger partial charge on any atom is -0.480 e. The van der Waals surface area contributed by atoms with Crippen molar-refractivity contribution in [1.82, 2.24) is 15.4 Å². The van der Waals surface area contributed by atoms with Gasteiger partial charge < -0.3 is 9.47 Å². The molecule has 1 unspecified atom stereocenters. The lowest BCUT2D eigenvalue weighted by atomic mass is 10.0. The molecule has 20 heavy (non-hydrogen) atoms. The smallest absolute Gasteiger partial charge is 0.240 e. The Balaban J connectivity index is 2.43. The number of rotatable bonds is 5. The second kappa shape index (κ2) is 6.27. The number of hydrazine groups is 1. The maximum atomic E-state index is 13.0. The predicted molar refractivity (Wildman–Crippen MR) is 70.7 cm³/mol. The summed E-state index contributed by atoms with van der Waals surface area (Å²) in [6.45, 7) is 0. The van der Waals surface area contributed by atoms with E-state index in [1.165, 1.54) is 32.5 Å². The van der Waals surface area contributed by atoms with Crippen LogP contribution in [0.3, 0.4) is 0 Å². The number of aromatic nitrogens is 2. The van der Waals surface area contributed by atoms with Crippen LogP contribution in [0.25, 0.3) is 0 Å². The molecule has 0 saturated heterocycles. The fourth-order valence-corrected chi connectivity index (χ4v) is 1.80. The van der Waals surface area contributed by atoms with Gasteiger partial charge in [-0.15, -0.1) is 0 Å². The van der Waals surface area contributed by atoms with E-state index in [-0.39, 0.29) is 11.7 Å². The predicted octanol–water partition coefficient (Wildman–Crippen LogP) is 1.19. The maximum absolute atomic E-state index is 13.0. The first kappa shape index (κ1) is 14.2. The van der Waals surface area contributed by atoms with Gasteiger partial charge in [-0.25, -0.2) is 14.8 Å². The van der Waals surface area contributed by atoms with Crippen molar-refractivity contribution in [2.75, 3.05) is 14.2 Å². The molecule has 1 aromatic carbocycles. The van der Waals surface area contributed by atoms with Gasteiger partial charge in [-0.05, 0) is 17.7 Å². The molecule has 0 amide bonds. The number of nitrogens with zero attached hydrogens (tertiary/aromatic N) is 2. The van der Waals surface area contributed by atoms with Crippen LogP contribution >= 0.6 is 0 Å². The van der Waals surface area contributed by atoms with Crippen molar-refractivity contribution in [3.63, 3.8) is 0 Å². The molecule has 6 nitrogen and oxygen atoms in total. The molecule has 106 valence electrons. The van der Waals surface area contributed by atoms with Crippen LogP contribution in [0, 0.1) is 5.82 Å². The van der Waals surface area contributed by atoms with E-state index in [4.69, 9.17) is 15.3 Å². The summed E-state index contributed by atoms with van der Waals surface area (Å²) in [6.07, 6.45) is 1.46. The molecule has 1 aromatic heterocycles. The molecule has 0 bridgehead atoms. The molecule has 2 aromatic rings. The Bertz CT molecular complexity index is 577. The van der Waals surface area contributed by atoms with Gasteiger partial charge in [0.25, 0.3) is 0 Å². The fraction of sp³-hybridized carbons (Fsp3) is 0.231. The van der Waals surface area contributed by atoms with Crippen molar-refractivity contribution in [3.05, 3.63) is 47.5 Å². The molecule has 2 rings (SSSR count). The van der Waals surface area contributed by atoms with E-state index in [1.54, 1.807) is 12.1 Å². The first-order valence-corrected chi connectivity index (χ1v) is 5.86. The second-order valence-electron chi connectivity index (χ2n) is 3.96. The topological polar surface area (TPSA) is 82.3 Å². The van der Waals surface area contributed by atoms with E-state index in [9.17, 15) is 4.39 Å². The van der Waals surface area contributed by atoms with Gasteiger partial charge >= 0.3 is 0 Å². The highest BCUT2D eigenvalue weighted by Crippen LogP contribution is 2.27. The van der Waals surface area contributed by atoms with Crippen LogP contribution < -0.4 is 20.7 Å². The zero-order valence-electron chi connectivity index (χ0n) is 11.1. The van der Waals surface area contributed by atoms with Crippen LogP contribution in [0.1, 0.15) is 17.3 Å². The highest BCUT2D eigenvalue weighted by Gasteiger charge is 2.20. The monoisotopic (exact) mass is 278 g/mol. The molecular weight excluding hydrogens is 263 g/mol. The average molecular weight is 278 g/mol. The molecule has 0 aliphatic rings. The molecule has 7 heteroatoms. The van der Waals surface area contributed by atoms with E-state index < -0.39 is 6.04 Å². The van der Waals surface area contributed by atoms with E-state index in [2.05, 4.69) is 15.4 Å². The van der Waals surface area contributed by atoms with E-state index >= 15 is 0 Å². The van der Waals surface area contributed by atoms with Crippen molar-refractivity contribution < 1.29 is 13.9 Å². The third-order valence-electron chi connectivity index (χ3n) is 2.79. The summed E-state index contributed by atoms with van der Waals surface area (Å²) in [5, 5.41) is 0. The maximum Gasteiger partial charge on any atom is 0.240 e. The molecule has 1 atom stereocenters. The zero-order valence-corrected chi connectivity index (χ0v) is 11.1. The Morgan fingerprint density at radius 1 is 1.20 bits per heavy atom. The number of benzene rings is 1. The molecule has 3 N–H and O–H groups in total. The highest BCUT2D eigenvalue weighted by atomic mass is 19.1. The van der Waals surface area contributed by atoms with Gasteiger partial charge in [-0.2, -0.15) is 4.98 Å². The van der Waals surface area contributed by atoms with Crippen LogP contribution in [0.4, 0.5) is 4.39 Å². The van der Waals surface area contributed by atoms with Gasteiger partial charge in [0.2, 0.25) is 11.8 Å². The number of nitrogens with two attached hydrogens (primary N) is 1. The van der Waals surface area contributed by atoms with Crippen LogP contribution in [0.5, 0.6) is 11.8 Å². The van der Waals surface area contributed by atoms with E-state index in [0.29, 0.717) is 11.6 Å². The summed E-state index contributed by atoms with van der Waals surface area (Å²) in [4.78, 5) is 8.39. The van der Waals surface area contributed by atoms with Gasteiger partial charge in [0, 0.05) is 0 Å². The Hall–Kier alpha value is -2.25. The highest BCUT2D eigenvalue weighted by molar-refractivity contribution is 5.34. The van der Waals surface area contributed by atoms with Crippen LogP contribution in [-0.4, -0.2) is 24.2 Å². The first-order valence-electron chi connectivity index (χ1n) is 5.86. The first-order chi connectivity index (χ1) is 9.69. The molecule has 1 heterocycles. The van der Waals surface area contributed by atoms with E-state index in [0.717, 1.165) is 5.56 Å². The van der Waals surface area contributed by atoms with Crippen LogP contribution in [0.2, 0.25) is 0 Å². The number of ether oxygens (including phenoxy) is 2. The average Bonchev–Trinajstić information content (AvgIpc) is 2.50. The zero-order chi connectivity index (χ0) is 14.5. The lowest BCUT2D eigenvalue weighted by Crippen LogP contribution is -2.30. The summed E-state index contributed by atoms with van der Waals surface area (Å²) in [5.74, 6) is 5.87. The normalized spacial score (nSPS) is 12.0. The van der Waals surface area contributed by atoms with Crippen LogP contribution in [-0.2, 0) is 0 Å². The summed E-state index contributed by atoms with van der Waals surface area (Å²) < 4.78 is 23.2. The SMILES string of the molecule is COc1cnc(C(NN)c2ccc(F)cc2)c(OC)n1. The number of nitrogens with one attached hydrogen (secondary N) is 1. The fourth-order valence-electron chi connectivity index (χ4n) is 1.80. The van der Waals surface area contributed by atoms with Crippen molar-refractivity contribution in [3.8, 4) is 11.8 Å². The minimum absolute atomic E-state index is 0.289. The molecule has 0 radical (unpaired) electrons. The molecular formula is C13H15FN4O2. The number of hydrogen-bond acceptors (Lipinski definition) is 6. The Kier molecular flexibility index (Phi) is 4.44. The number of hydrogen-bond donors (Lipinski definition) is 2. The van der Waals surface area contributed by atoms with Gasteiger partial charge in [-0.1, -0.05) is 12.1 Å². The Labute approximate surface area is 115 Å². The number of methoxy groups -OCH3 is 2. The van der Waals surface area contributed by atoms with Crippen molar-refractivity contribution >= 4 is 0 Å². The summed E-state index contributed by atoms with van der Waals surface area (Å²) in [7, 11) is 2.97. The molecule has 0 aliphatic heterocycles. The Morgan fingerprint density at radius 2 is 1.90 bits per heavy atom. The van der Waals surface area contributed by atoms with E-state index in [1.807, 2.05) is 0 Å². The van der Waals surface area contributed by atoms with Crippen molar-refractivity contribution in [1.29, 1.82) is 0 Å².